The molecule has 5 heteroatoms. The van der Waals surface area contributed by atoms with Gasteiger partial charge in [0.2, 0.25) is 0 Å². The lowest BCUT2D eigenvalue weighted by atomic mass is 10.0. The van der Waals surface area contributed by atoms with E-state index in [9.17, 15) is 0 Å². The van der Waals surface area contributed by atoms with Crippen molar-refractivity contribution >= 4 is 5.69 Å². The van der Waals surface area contributed by atoms with Crippen molar-refractivity contribution in [3.8, 4) is 11.4 Å². The van der Waals surface area contributed by atoms with E-state index in [2.05, 4.69) is 42.4 Å². The van der Waals surface area contributed by atoms with Gasteiger partial charge in [0.1, 0.15) is 0 Å². The largest absolute Gasteiger partial charge is 0.398 e. The van der Waals surface area contributed by atoms with Gasteiger partial charge in [0, 0.05) is 11.3 Å². The predicted octanol–water partition coefficient (Wildman–Crippen LogP) is 3.29. The van der Waals surface area contributed by atoms with E-state index in [1.807, 2.05) is 17.7 Å². The van der Waals surface area contributed by atoms with E-state index >= 15 is 0 Å². The lowest BCUT2D eigenvalue weighted by Crippen LogP contribution is -2.10. The van der Waals surface area contributed by atoms with Crippen LogP contribution in [0.2, 0.25) is 0 Å². The molecule has 0 aliphatic heterocycles. The van der Waals surface area contributed by atoms with Gasteiger partial charge in [-0.15, -0.1) is 5.10 Å². The normalized spacial score (nSPS) is 12.6. The molecule has 2 N–H and O–H groups in total. The number of nitrogen functional groups attached to an aromatic ring is 1. The number of benzene rings is 1. The summed E-state index contributed by atoms with van der Waals surface area (Å²) in [7, 11) is 0. The maximum Gasteiger partial charge on any atom is 0.182 e. The Balaban J connectivity index is 2.39. The first-order valence-corrected chi connectivity index (χ1v) is 7.19. The molecule has 0 saturated carbocycles. The monoisotopic (exact) mass is 273 g/mol. The standard InChI is InChI=1S/C15H23N5/c1-5-6-7-12(4)20-15(17-18-19-20)13-9-14(16)11(3)8-10(13)2/h8-9,12H,5-7,16H2,1-4H3. The third kappa shape index (κ3) is 2.81. The number of unbranched alkanes of at least 4 members (excludes halogenated alkanes) is 1. The van der Waals surface area contributed by atoms with Crippen LogP contribution in [0.1, 0.15) is 50.3 Å². The molecule has 0 radical (unpaired) electrons. The van der Waals surface area contributed by atoms with E-state index in [4.69, 9.17) is 5.73 Å². The number of nitrogens with zero attached hydrogens (tertiary/aromatic N) is 4. The highest BCUT2D eigenvalue weighted by Gasteiger charge is 2.16. The van der Waals surface area contributed by atoms with Gasteiger partial charge in [-0.2, -0.15) is 0 Å². The van der Waals surface area contributed by atoms with Gasteiger partial charge in [-0.05, 0) is 54.8 Å². The molecule has 0 aliphatic carbocycles. The molecule has 1 atom stereocenters. The second kappa shape index (κ2) is 6.03. The minimum absolute atomic E-state index is 0.293. The molecule has 0 bridgehead atoms. The molecule has 0 aliphatic rings. The van der Waals surface area contributed by atoms with Crippen molar-refractivity contribution in [2.75, 3.05) is 5.73 Å². The zero-order valence-corrected chi connectivity index (χ0v) is 12.7. The average molecular weight is 273 g/mol. The summed E-state index contributed by atoms with van der Waals surface area (Å²) in [5, 5.41) is 12.2. The number of aryl methyl sites for hydroxylation is 2. The van der Waals surface area contributed by atoms with E-state index in [-0.39, 0.29) is 0 Å². The van der Waals surface area contributed by atoms with Gasteiger partial charge in [-0.1, -0.05) is 25.8 Å². The first kappa shape index (κ1) is 14.5. The number of nitrogens with two attached hydrogens (primary N) is 1. The van der Waals surface area contributed by atoms with Crippen LogP contribution in [-0.4, -0.2) is 20.2 Å². The number of hydrogen-bond donors (Lipinski definition) is 1. The van der Waals surface area contributed by atoms with E-state index in [0.29, 0.717) is 6.04 Å². The van der Waals surface area contributed by atoms with E-state index in [1.54, 1.807) is 0 Å². The van der Waals surface area contributed by atoms with Crippen molar-refractivity contribution in [3.63, 3.8) is 0 Å². The highest BCUT2D eigenvalue weighted by atomic mass is 15.5. The Labute approximate surface area is 120 Å². The summed E-state index contributed by atoms with van der Waals surface area (Å²) >= 11 is 0. The summed E-state index contributed by atoms with van der Waals surface area (Å²) in [5.41, 5.74) is 10.1. The fraction of sp³-hybridized carbons (Fsp3) is 0.533. The Kier molecular flexibility index (Phi) is 4.37. The molecule has 1 aromatic heterocycles. The fourth-order valence-electron chi connectivity index (χ4n) is 2.40. The first-order valence-electron chi connectivity index (χ1n) is 7.19. The highest BCUT2D eigenvalue weighted by Crippen LogP contribution is 2.28. The van der Waals surface area contributed by atoms with Crippen molar-refractivity contribution in [3.05, 3.63) is 23.3 Å². The van der Waals surface area contributed by atoms with Crippen LogP contribution in [0.3, 0.4) is 0 Å². The number of rotatable bonds is 5. The van der Waals surface area contributed by atoms with Gasteiger partial charge < -0.3 is 5.73 Å². The summed E-state index contributed by atoms with van der Waals surface area (Å²) < 4.78 is 1.91. The van der Waals surface area contributed by atoms with Crippen LogP contribution in [0.5, 0.6) is 0 Å². The number of aromatic nitrogens is 4. The SMILES string of the molecule is CCCCC(C)n1nnnc1-c1cc(N)c(C)cc1C. The minimum Gasteiger partial charge on any atom is -0.398 e. The zero-order chi connectivity index (χ0) is 14.7. The Morgan fingerprint density at radius 1 is 1.25 bits per heavy atom. The molecule has 1 unspecified atom stereocenters. The van der Waals surface area contributed by atoms with Crippen molar-refractivity contribution in [2.24, 2.45) is 0 Å². The van der Waals surface area contributed by atoms with Crippen LogP contribution < -0.4 is 5.73 Å². The molecule has 0 spiro atoms. The smallest absolute Gasteiger partial charge is 0.182 e. The second-order valence-electron chi connectivity index (χ2n) is 5.46. The predicted molar refractivity (Wildman–Crippen MR) is 81.4 cm³/mol. The Morgan fingerprint density at radius 3 is 2.70 bits per heavy atom. The number of hydrogen-bond acceptors (Lipinski definition) is 4. The van der Waals surface area contributed by atoms with Crippen LogP contribution in [-0.2, 0) is 0 Å². The van der Waals surface area contributed by atoms with Crippen LogP contribution >= 0.6 is 0 Å². The Bertz CT molecular complexity index is 588. The number of anilines is 1. The van der Waals surface area contributed by atoms with E-state index < -0.39 is 0 Å². The quantitative estimate of drug-likeness (QED) is 0.849. The number of tetrazole rings is 1. The average Bonchev–Trinajstić information content (AvgIpc) is 2.89. The van der Waals surface area contributed by atoms with Crippen LogP contribution in [0.15, 0.2) is 12.1 Å². The fourth-order valence-corrected chi connectivity index (χ4v) is 2.40. The third-order valence-corrected chi connectivity index (χ3v) is 3.74. The molecule has 0 amide bonds. The molecular weight excluding hydrogens is 250 g/mol. The van der Waals surface area contributed by atoms with Gasteiger partial charge in [0.25, 0.3) is 0 Å². The van der Waals surface area contributed by atoms with Crippen LogP contribution in [0.25, 0.3) is 11.4 Å². The van der Waals surface area contributed by atoms with E-state index in [0.717, 1.165) is 34.6 Å². The zero-order valence-electron chi connectivity index (χ0n) is 12.7. The van der Waals surface area contributed by atoms with E-state index in [1.165, 1.54) is 12.8 Å². The first-order chi connectivity index (χ1) is 9.54. The lowest BCUT2D eigenvalue weighted by molar-refractivity contribution is 0.437. The van der Waals surface area contributed by atoms with Gasteiger partial charge in [-0.3, -0.25) is 0 Å². The summed E-state index contributed by atoms with van der Waals surface area (Å²) in [6, 6.07) is 4.35. The highest BCUT2D eigenvalue weighted by molar-refractivity contribution is 5.67. The minimum atomic E-state index is 0.293. The Hall–Kier alpha value is -1.91. The van der Waals surface area contributed by atoms with Crippen molar-refractivity contribution in [2.45, 2.75) is 53.0 Å². The lowest BCUT2D eigenvalue weighted by Gasteiger charge is -2.14. The maximum atomic E-state index is 6.02. The topological polar surface area (TPSA) is 69.6 Å². The molecule has 0 fully saturated rings. The van der Waals surface area contributed by atoms with Crippen LogP contribution in [0, 0.1) is 13.8 Å². The maximum absolute atomic E-state index is 6.02. The van der Waals surface area contributed by atoms with Gasteiger partial charge in [-0.25, -0.2) is 4.68 Å². The molecule has 5 nitrogen and oxygen atoms in total. The van der Waals surface area contributed by atoms with Crippen molar-refractivity contribution < 1.29 is 0 Å². The molecule has 1 aromatic carbocycles. The molecule has 1 heterocycles. The molecule has 20 heavy (non-hydrogen) atoms. The second-order valence-corrected chi connectivity index (χ2v) is 5.46. The summed E-state index contributed by atoms with van der Waals surface area (Å²) in [6.07, 6.45) is 3.43. The molecular formula is C15H23N5. The van der Waals surface area contributed by atoms with Crippen LogP contribution in [0.4, 0.5) is 5.69 Å². The van der Waals surface area contributed by atoms with Gasteiger partial charge in [0.15, 0.2) is 5.82 Å². The van der Waals surface area contributed by atoms with Crippen molar-refractivity contribution in [1.82, 2.24) is 20.2 Å². The summed E-state index contributed by atoms with van der Waals surface area (Å²) in [5.74, 6) is 0.804. The van der Waals surface area contributed by atoms with Gasteiger partial charge in [0.05, 0.1) is 6.04 Å². The molecule has 108 valence electrons. The molecule has 2 aromatic rings. The summed E-state index contributed by atoms with van der Waals surface area (Å²) in [4.78, 5) is 0. The summed E-state index contributed by atoms with van der Waals surface area (Å²) in [6.45, 7) is 8.43. The molecule has 0 saturated heterocycles. The Morgan fingerprint density at radius 2 is 2.00 bits per heavy atom. The van der Waals surface area contributed by atoms with Crippen molar-refractivity contribution in [1.29, 1.82) is 0 Å². The van der Waals surface area contributed by atoms with Gasteiger partial charge >= 0.3 is 0 Å². The molecule has 2 rings (SSSR count). The third-order valence-electron chi connectivity index (χ3n) is 3.74.